The summed E-state index contributed by atoms with van der Waals surface area (Å²) < 4.78 is 2.08. The summed E-state index contributed by atoms with van der Waals surface area (Å²) in [5.74, 6) is 0.880. The second-order valence-corrected chi connectivity index (χ2v) is 6.37. The van der Waals surface area contributed by atoms with Crippen molar-refractivity contribution in [2.45, 2.75) is 19.4 Å². The molecule has 1 amide bonds. The molecule has 1 unspecified atom stereocenters. The van der Waals surface area contributed by atoms with Gasteiger partial charge in [-0.1, -0.05) is 30.3 Å². The van der Waals surface area contributed by atoms with Crippen LogP contribution in [0.1, 0.15) is 28.4 Å². The predicted octanol–water partition coefficient (Wildman–Crippen LogP) is 2.74. The highest BCUT2D eigenvalue weighted by molar-refractivity contribution is 5.94. The van der Waals surface area contributed by atoms with Gasteiger partial charge in [-0.2, -0.15) is 0 Å². The molecule has 3 aromatic rings. The number of amides is 1. The van der Waals surface area contributed by atoms with Gasteiger partial charge in [0.05, 0.1) is 11.6 Å². The van der Waals surface area contributed by atoms with Gasteiger partial charge >= 0.3 is 0 Å². The quantitative estimate of drug-likeness (QED) is 0.739. The largest absolute Gasteiger partial charge is 0.336 e. The molecule has 0 radical (unpaired) electrons. The monoisotopic (exact) mass is 333 g/mol. The lowest BCUT2D eigenvalue weighted by Gasteiger charge is -2.18. The molecule has 1 aliphatic rings. The van der Waals surface area contributed by atoms with Crippen molar-refractivity contribution in [1.82, 2.24) is 24.6 Å². The molecule has 0 saturated carbocycles. The summed E-state index contributed by atoms with van der Waals surface area (Å²) in [7, 11) is 0. The Bertz CT molecular complexity index is 890. The van der Waals surface area contributed by atoms with E-state index in [1.165, 1.54) is 0 Å². The van der Waals surface area contributed by atoms with Crippen LogP contribution in [0.4, 0.5) is 0 Å². The molecule has 1 aromatic carbocycles. The van der Waals surface area contributed by atoms with Crippen molar-refractivity contribution in [3.05, 3.63) is 66.2 Å². The van der Waals surface area contributed by atoms with Gasteiger partial charge in [0.2, 0.25) is 0 Å². The zero-order chi connectivity index (χ0) is 17.2. The standard InChI is InChI=1S/C19H19N5O/c1-14-9-16(11-20-10-14)19(25)23-8-7-17(12-23)24-13-21-22-18(24)15-5-3-2-4-6-15/h2-6,9-11,13,17H,7-8,12H2,1H3. The summed E-state index contributed by atoms with van der Waals surface area (Å²) >= 11 is 0. The maximum Gasteiger partial charge on any atom is 0.255 e. The van der Waals surface area contributed by atoms with E-state index < -0.39 is 0 Å². The van der Waals surface area contributed by atoms with Gasteiger partial charge in [-0.15, -0.1) is 10.2 Å². The van der Waals surface area contributed by atoms with Crippen LogP contribution in [0.15, 0.2) is 55.1 Å². The van der Waals surface area contributed by atoms with Gasteiger partial charge < -0.3 is 9.47 Å². The number of carbonyl (C=O) groups is 1. The Morgan fingerprint density at radius 2 is 2.04 bits per heavy atom. The highest BCUT2D eigenvalue weighted by Crippen LogP contribution is 2.27. The number of benzene rings is 1. The van der Waals surface area contributed by atoms with E-state index in [1.54, 1.807) is 18.7 Å². The molecule has 2 aromatic heterocycles. The van der Waals surface area contributed by atoms with Crippen molar-refractivity contribution in [1.29, 1.82) is 0 Å². The van der Waals surface area contributed by atoms with E-state index in [1.807, 2.05) is 48.2 Å². The van der Waals surface area contributed by atoms with Crippen molar-refractivity contribution in [3.8, 4) is 11.4 Å². The molecule has 126 valence electrons. The van der Waals surface area contributed by atoms with Gasteiger partial charge in [-0.3, -0.25) is 9.78 Å². The van der Waals surface area contributed by atoms with E-state index in [0.29, 0.717) is 12.1 Å². The third kappa shape index (κ3) is 3.03. The minimum atomic E-state index is 0.0352. The third-order valence-electron chi connectivity index (χ3n) is 4.57. The Balaban J connectivity index is 1.54. The topological polar surface area (TPSA) is 63.9 Å². The lowest BCUT2D eigenvalue weighted by molar-refractivity contribution is 0.0787. The Morgan fingerprint density at radius 3 is 2.84 bits per heavy atom. The van der Waals surface area contributed by atoms with Gasteiger partial charge in [0.1, 0.15) is 6.33 Å². The number of pyridine rings is 1. The van der Waals surface area contributed by atoms with E-state index in [4.69, 9.17) is 0 Å². The number of carbonyl (C=O) groups excluding carboxylic acids is 1. The van der Waals surface area contributed by atoms with E-state index >= 15 is 0 Å². The molecule has 1 atom stereocenters. The molecule has 1 fully saturated rings. The summed E-state index contributed by atoms with van der Waals surface area (Å²) in [6.45, 7) is 3.33. The molecule has 3 heterocycles. The molecule has 6 heteroatoms. The smallest absolute Gasteiger partial charge is 0.255 e. The molecule has 0 aliphatic carbocycles. The maximum absolute atomic E-state index is 12.7. The molecule has 6 nitrogen and oxygen atoms in total. The Kier molecular flexibility index (Phi) is 4.01. The van der Waals surface area contributed by atoms with Crippen molar-refractivity contribution >= 4 is 5.91 Å². The lowest BCUT2D eigenvalue weighted by Crippen LogP contribution is -2.29. The highest BCUT2D eigenvalue weighted by atomic mass is 16.2. The summed E-state index contributed by atoms with van der Waals surface area (Å²) in [4.78, 5) is 18.7. The lowest BCUT2D eigenvalue weighted by atomic mass is 10.2. The van der Waals surface area contributed by atoms with Crippen molar-refractivity contribution in [2.75, 3.05) is 13.1 Å². The van der Waals surface area contributed by atoms with Crippen molar-refractivity contribution in [2.24, 2.45) is 0 Å². The number of likely N-dealkylation sites (tertiary alicyclic amines) is 1. The molecular formula is C19H19N5O. The van der Waals surface area contributed by atoms with Crippen molar-refractivity contribution < 1.29 is 4.79 Å². The van der Waals surface area contributed by atoms with Crippen LogP contribution in [-0.2, 0) is 0 Å². The van der Waals surface area contributed by atoms with Gasteiger partial charge in [0.25, 0.3) is 5.91 Å². The van der Waals surface area contributed by atoms with Crippen LogP contribution in [0.2, 0.25) is 0 Å². The fourth-order valence-corrected chi connectivity index (χ4v) is 3.31. The minimum absolute atomic E-state index is 0.0352. The van der Waals surface area contributed by atoms with Crippen LogP contribution in [-0.4, -0.2) is 43.6 Å². The summed E-state index contributed by atoms with van der Waals surface area (Å²) in [5, 5.41) is 8.35. The first-order valence-corrected chi connectivity index (χ1v) is 8.38. The normalized spacial score (nSPS) is 17.0. The first-order valence-electron chi connectivity index (χ1n) is 8.38. The van der Waals surface area contributed by atoms with Crippen LogP contribution in [0, 0.1) is 6.92 Å². The zero-order valence-electron chi connectivity index (χ0n) is 14.0. The van der Waals surface area contributed by atoms with Crippen LogP contribution in [0.5, 0.6) is 0 Å². The molecular weight excluding hydrogens is 314 g/mol. The molecule has 0 spiro atoms. The third-order valence-corrected chi connectivity index (χ3v) is 4.57. The second-order valence-electron chi connectivity index (χ2n) is 6.37. The first kappa shape index (κ1) is 15.5. The average Bonchev–Trinajstić information content (AvgIpc) is 3.31. The first-order chi connectivity index (χ1) is 12.2. The molecule has 1 aliphatic heterocycles. The average molecular weight is 333 g/mol. The Labute approximate surface area is 146 Å². The van der Waals surface area contributed by atoms with E-state index in [2.05, 4.69) is 19.7 Å². The maximum atomic E-state index is 12.7. The van der Waals surface area contributed by atoms with E-state index in [-0.39, 0.29) is 11.9 Å². The number of rotatable bonds is 3. The summed E-state index contributed by atoms with van der Waals surface area (Å²) in [6.07, 6.45) is 6.04. The van der Waals surface area contributed by atoms with Crippen molar-refractivity contribution in [3.63, 3.8) is 0 Å². The molecule has 0 N–H and O–H groups in total. The van der Waals surface area contributed by atoms with Crippen LogP contribution in [0.3, 0.4) is 0 Å². The van der Waals surface area contributed by atoms with Gasteiger partial charge in [-0.05, 0) is 25.0 Å². The highest BCUT2D eigenvalue weighted by Gasteiger charge is 2.29. The fourth-order valence-electron chi connectivity index (χ4n) is 3.31. The number of nitrogens with zero attached hydrogens (tertiary/aromatic N) is 5. The summed E-state index contributed by atoms with van der Waals surface area (Å²) in [5.41, 5.74) is 2.67. The van der Waals surface area contributed by atoms with Crippen LogP contribution < -0.4 is 0 Å². The summed E-state index contributed by atoms with van der Waals surface area (Å²) in [6, 6.07) is 12.1. The van der Waals surface area contributed by atoms with Crippen LogP contribution in [0.25, 0.3) is 11.4 Å². The van der Waals surface area contributed by atoms with Gasteiger partial charge in [0.15, 0.2) is 5.82 Å². The molecule has 4 rings (SSSR count). The second kappa shape index (κ2) is 6.47. The minimum Gasteiger partial charge on any atom is -0.336 e. The molecule has 0 bridgehead atoms. The number of hydrogen-bond acceptors (Lipinski definition) is 4. The Morgan fingerprint density at radius 1 is 1.20 bits per heavy atom. The SMILES string of the molecule is Cc1cncc(C(=O)N2CCC(n3cnnc3-c3ccccc3)C2)c1. The van der Waals surface area contributed by atoms with Gasteiger partial charge in [0, 0.05) is 31.0 Å². The predicted molar refractivity (Wildman–Crippen MR) is 94.0 cm³/mol. The zero-order valence-corrected chi connectivity index (χ0v) is 14.0. The van der Waals surface area contributed by atoms with Gasteiger partial charge in [-0.25, -0.2) is 0 Å². The molecule has 1 saturated heterocycles. The Hall–Kier alpha value is -3.02. The number of aryl methyl sites for hydroxylation is 1. The van der Waals surface area contributed by atoms with E-state index in [9.17, 15) is 4.79 Å². The molecule has 25 heavy (non-hydrogen) atoms. The fraction of sp³-hybridized carbons (Fsp3) is 0.263. The number of aromatic nitrogens is 4. The van der Waals surface area contributed by atoms with Crippen LogP contribution >= 0.6 is 0 Å². The number of hydrogen-bond donors (Lipinski definition) is 0. The van der Waals surface area contributed by atoms with E-state index in [0.717, 1.165) is 29.9 Å².